The molecule has 1 aliphatic rings. The molecule has 152 valence electrons. The van der Waals surface area contributed by atoms with E-state index >= 15 is 0 Å². The van der Waals surface area contributed by atoms with Gasteiger partial charge in [-0.1, -0.05) is 17.7 Å². The first-order valence-electron chi connectivity index (χ1n) is 10.0. The van der Waals surface area contributed by atoms with Gasteiger partial charge in [-0.05, 0) is 31.2 Å². The number of fused-ring (bicyclic) bond motifs is 3. The third-order valence-electron chi connectivity index (χ3n) is 5.66. The highest BCUT2D eigenvalue weighted by Crippen LogP contribution is 2.23. The van der Waals surface area contributed by atoms with Crippen molar-refractivity contribution in [2.75, 3.05) is 31.1 Å². The smallest absolute Gasteiger partial charge is 0.291 e. The number of carbonyl (C=O) groups excluding carboxylic acids is 1. The van der Waals surface area contributed by atoms with Crippen LogP contribution in [0.15, 0.2) is 53.6 Å². The van der Waals surface area contributed by atoms with Crippen LogP contribution in [-0.2, 0) is 11.3 Å². The monoisotopic (exact) mass is 402 g/mol. The molecule has 0 aliphatic carbocycles. The summed E-state index contributed by atoms with van der Waals surface area (Å²) in [5, 5.41) is 6.03. The van der Waals surface area contributed by atoms with Crippen LogP contribution in [-0.4, -0.2) is 56.7 Å². The molecule has 8 nitrogen and oxygen atoms in total. The van der Waals surface area contributed by atoms with Gasteiger partial charge in [-0.25, -0.2) is 9.67 Å². The maximum atomic E-state index is 12.9. The predicted octanol–water partition coefficient (Wildman–Crippen LogP) is 1.93. The fraction of sp³-hybridized carbons (Fsp3) is 0.273. The quantitative estimate of drug-likeness (QED) is 0.566. The van der Waals surface area contributed by atoms with Gasteiger partial charge in [0.25, 0.3) is 5.56 Å². The van der Waals surface area contributed by atoms with Gasteiger partial charge >= 0.3 is 0 Å². The van der Waals surface area contributed by atoms with E-state index in [1.165, 1.54) is 4.68 Å². The number of nitrogens with zero attached hydrogens (tertiary/aromatic N) is 5. The first kappa shape index (κ1) is 18.4. The second kappa shape index (κ2) is 7.29. The molecule has 0 bridgehead atoms. The highest BCUT2D eigenvalue weighted by molar-refractivity contribution is 6.06. The first-order chi connectivity index (χ1) is 14.6. The molecule has 8 heteroatoms. The fourth-order valence-corrected chi connectivity index (χ4v) is 4.00. The largest absolute Gasteiger partial charge is 0.353 e. The topological polar surface area (TPSA) is 87.1 Å². The molecule has 0 spiro atoms. The molecule has 1 N–H and O–H groups in total. The van der Waals surface area contributed by atoms with Crippen molar-refractivity contribution in [3.05, 3.63) is 64.7 Å². The van der Waals surface area contributed by atoms with Crippen LogP contribution in [0, 0.1) is 6.92 Å². The van der Waals surface area contributed by atoms with E-state index < -0.39 is 0 Å². The van der Waals surface area contributed by atoms with Crippen LogP contribution >= 0.6 is 0 Å². The standard InChI is InChI=1S/C22H22N6O2/c1-15-5-6-18-16(12-15)17-13-24-28(22(30)21(17)25-18)14-20(29)27-10-8-26(9-11-27)19-4-2-3-7-23-19/h2-7,12-13,25H,8-11,14H2,1H3. The Kier molecular flexibility index (Phi) is 4.46. The van der Waals surface area contributed by atoms with Crippen LogP contribution in [0.5, 0.6) is 0 Å². The van der Waals surface area contributed by atoms with Crippen molar-refractivity contribution in [2.45, 2.75) is 13.5 Å². The SMILES string of the molecule is Cc1ccc2[nH]c3c(=O)n(CC(=O)N4CCN(c5ccccn5)CC4)ncc3c2c1. The molecule has 0 atom stereocenters. The van der Waals surface area contributed by atoms with Crippen molar-refractivity contribution in [1.29, 1.82) is 0 Å². The number of hydrogen-bond acceptors (Lipinski definition) is 5. The number of amides is 1. The molecule has 0 radical (unpaired) electrons. The molecule has 5 rings (SSSR count). The Bertz CT molecular complexity index is 1290. The van der Waals surface area contributed by atoms with Crippen LogP contribution in [0.25, 0.3) is 21.8 Å². The van der Waals surface area contributed by atoms with Gasteiger partial charge in [0.1, 0.15) is 17.9 Å². The van der Waals surface area contributed by atoms with Gasteiger partial charge in [0.2, 0.25) is 5.91 Å². The number of piperazine rings is 1. The van der Waals surface area contributed by atoms with E-state index in [4.69, 9.17) is 0 Å². The Morgan fingerprint density at radius 2 is 1.93 bits per heavy atom. The summed E-state index contributed by atoms with van der Waals surface area (Å²) in [7, 11) is 0. The number of aryl methyl sites for hydroxylation is 1. The average molecular weight is 402 g/mol. The Morgan fingerprint density at radius 1 is 1.10 bits per heavy atom. The van der Waals surface area contributed by atoms with Gasteiger partial charge in [-0.15, -0.1) is 0 Å². The van der Waals surface area contributed by atoms with E-state index in [2.05, 4.69) is 20.0 Å². The van der Waals surface area contributed by atoms with Gasteiger partial charge in [-0.2, -0.15) is 5.10 Å². The molecule has 4 aromatic rings. The molecule has 1 aliphatic heterocycles. The zero-order valence-electron chi connectivity index (χ0n) is 16.7. The average Bonchev–Trinajstić information content (AvgIpc) is 3.15. The fourth-order valence-electron chi connectivity index (χ4n) is 4.00. The van der Waals surface area contributed by atoms with E-state index in [1.54, 1.807) is 17.3 Å². The maximum absolute atomic E-state index is 12.9. The summed E-state index contributed by atoms with van der Waals surface area (Å²) in [5.74, 6) is 0.818. The number of rotatable bonds is 3. The van der Waals surface area contributed by atoms with E-state index in [-0.39, 0.29) is 18.0 Å². The molecule has 4 heterocycles. The summed E-state index contributed by atoms with van der Waals surface area (Å²) >= 11 is 0. The molecule has 1 amide bonds. The molecular formula is C22H22N6O2. The maximum Gasteiger partial charge on any atom is 0.291 e. The lowest BCUT2D eigenvalue weighted by molar-refractivity contribution is -0.132. The van der Waals surface area contributed by atoms with E-state index in [0.717, 1.165) is 27.7 Å². The van der Waals surface area contributed by atoms with Gasteiger partial charge in [0.05, 0.1) is 6.20 Å². The van der Waals surface area contributed by atoms with Crippen LogP contribution in [0.2, 0.25) is 0 Å². The number of aromatic amines is 1. The Labute approximate surface area is 172 Å². The highest BCUT2D eigenvalue weighted by Gasteiger charge is 2.23. The number of H-pyrrole nitrogens is 1. The van der Waals surface area contributed by atoms with Gasteiger partial charge < -0.3 is 14.8 Å². The number of anilines is 1. The zero-order valence-corrected chi connectivity index (χ0v) is 16.7. The molecule has 0 unspecified atom stereocenters. The lowest BCUT2D eigenvalue weighted by Crippen LogP contribution is -2.50. The van der Waals surface area contributed by atoms with Crippen LogP contribution in [0.1, 0.15) is 5.56 Å². The van der Waals surface area contributed by atoms with Crippen molar-refractivity contribution >= 4 is 33.5 Å². The third kappa shape index (κ3) is 3.20. The number of benzene rings is 1. The number of nitrogens with one attached hydrogen (secondary N) is 1. The summed E-state index contributed by atoms with van der Waals surface area (Å²) in [6.45, 7) is 4.57. The van der Waals surface area contributed by atoms with Crippen LogP contribution in [0.4, 0.5) is 5.82 Å². The Hall–Kier alpha value is -3.68. The molecule has 1 saturated heterocycles. The lowest BCUT2D eigenvalue weighted by Gasteiger charge is -2.35. The molecule has 1 fully saturated rings. The first-order valence-corrected chi connectivity index (χ1v) is 10.0. The minimum atomic E-state index is -0.276. The van der Waals surface area contributed by atoms with Crippen LogP contribution in [0.3, 0.4) is 0 Å². The van der Waals surface area contributed by atoms with Crippen molar-refractivity contribution in [3.63, 3.8) is 0 Å². The van der Waals surface area contributed by atoms with E-state index in [9.17, 15) is 9.59 Å². The third-order valence-corrected chi connectivity index (χ3v) is 5.66. The number of hydrogen-bond donors (Lipinski definition) is 1. The summed E-state index contributed by atoms with van der Waals surface area (Å²) in [6.07, 6.45) is 3.44. The number of carbonyl (C=O) groups is 1. The molecule has 0 saturated carbocycles. The normalized spacial score (nSPS) is 14.6. The summed E-state index contributed by atoms with van der Waals surface area (Å²) in [5.41, 5.74) is 2.22. The molecular weight excluding hydrogens is 380 g/mol. The highest BCUT2D eigenvalue weighted by atomic mass is 16.2. The van der Waals surface area contributed by atoms with Crippen molar-refractivity contribution in [3.8, 4) is 0 Å². The second-order valence-electron chi connectivity index (χ2n) is 7.63. The molecule has 3 aromatic heterocycles. The van der Waals surface area contributed by atoms with Crippen molar-refractivity contribution in [2.24, 2.45) is 0 Å². The molecule has 1 aromatic carbocycles. The minimum Gasteiger partial charge on any atom is -0.353 e. The van der Waals surface area contributed by atoms with E-state index in [1.807, 2.05) is 43.3 Å². The van der Waals surface area contributed by atoms with Crippen molar-refractivity contribution in [1.82, 2.24) is 24.6 Å². The molecule has 30 heavy (non-hydrogen) atoms. The van der Waals surface area contributed by atoms with Gasteiger partial charge in [0, 0.05) is 48.7 Å². The number of aromatic nitrogens is 4. The van der Waals surface area contributed by atoms with Crippen molar-refractivity contribution < 1.29 is 4.79 Å². The number of pyridine rings is 1. The van der Waals surface area contributed by atoms with E-state index in [0.29, 0.717) is 31.7 Å². The summed E-state index contributed by atoms with van der Waals surface area (Å²) in [6, 6.07) is 11.8. The van der Waals surface area contributed by atoms with Gasteiger partial charge in [-0.3, -0.25) is 9.59 Å². The zero-order chi connectivity index (χ0) is 20.7. The summed E-state index contributed by atoms with van der Waals surface area (Å²) < 4.78 is 1.25. The second-order valence-corrected chi connectivity index (χ2v) is 7.63. The predicted molar refractivity (Wildman–Crippen MR) is 116 cm³/mol. The lowest BCUT2D eigenvalue weighted by atomic mass is 10.1. The van der Waals surface area contributed by atoms with Crippen LogP contribution < -0.4 is 10.5 Å². The minimum absolute atomic E-state index is 0.0627. The Balaban J connectivity index is 1.33. The summed E-state index contributed by atoms with van der Waals surface area (Å²) in [4.78, 5) is 37.2. The van der Waals surface area contributed by atoms with Gasteiger partial charge in [0.15, 0.2) is 0 Å². The Morgan fingerprint density at radius 3 is 2.70 bits per heavy atom.